The number of halogens is 2. The Bertz CT molecular complexity index is 548. The predicted octanol–water partition coefficient (Wildman–Crippen LogP) is 1.39. The lowest BCUT2D eigenvalue weighted by Gasteiger charge is -2.38. The Kier molecular flexibility index (Phi) is 4.59. The number of alkyl halides is 2. The van der Waals surface area contributed by atoms with Crippen molar-refractivity contribution in [3.63, 3.8) is 0 Å². The molecule has 2 aliphatic heterocycles. The van der Waals surface area contributed by atoms with Crippen LogP contribution in [-0.2, 0) is 0 Å². The highest BCUT2D eigenvalue weighted by Gasteiger charge is 2.47. The first-order valence-corrected chi connectivity index (χ1v) is 7.95. The van der Waals surface area contributed by atoms with Crippen LogP contribution in [0.1, 0.15) is 29.8 Å². The Morgan fingerprint density at radius 3 is 2.70 bits per heavy atom. The van der Waals surface area contributed by atoms with Crippen LogP contribution in [0, 0.1) is 0 Å². The molecule has 0 aromatic carbocycles. The third-order valence-corrected chi connectivity index (χ3v) is 4.73. The van der Waals surface area contributed by atoms with Crippen molar-refractivity contribution in [3.8, 4) is 0 Å². The molecule has 1 aromatic heterocycles. The van der Waals surface area contributed by atoms with E-state index in [0.29, 0.717) is 31.6 Å². The minimum Gasteiger partial charge on any atom is -0.395 e. The van der Waals surface area contributed by atoms with Gasteiger partial charge in [-0.1, -0.05) is 6.07 Å². The summed E-state index contributed by atoms with van der Waals surface area (Å²) in [4.78, 5) is 19.8. The molecule has 0 spiro atoms. The number of pyridine rings is 1. The zero-order chi connectivity index (χ0) is 16.4. The van der Waals surface area contributed by atoms with Crippen LogP contribution in [0.3, 0.4) is 0 Å². The second-order valence-corrected chi connectivity index (χ2v) is 6.31. The van der Waals surface area contributed by atoms with Gasteiger partial charge < -0.3 is 10.0 Å². The van der Waals surface area contributed by atoms with E-state index in [4.69, 9.17) is 0 Å². The summed E-state index contributed by atoms with van der Waals surface area (Å²) in [5.41, 5.74) is 0.409. The number of likely N-dealkylation sites (tertiary alicyclic amines) is 2. The van der Waals surface area contributed by atoms with Crippen molar-refractivity contribution in [2.24, 2.45) is 0 Å². The average Bonchev–Trinajstić information content (AvgIpc) is 2.90. The molecule has 5 nitrogen and oxygen atoms in total. The summed E-state index contributed by atoms with van der Waals surface area (Å²) in [5.74, 6) is -2.84. The maximum atomic E-state index is 13.6. The molecule has 0 radical (unpaired) electrons. The lowest BCUT2D eigenvalue weighted by molar-refractivity contribution is 0.00294. The van der Waals surface area contributed by atoms with Gasteiger partial charge in [-0.2, -0.15) is 0 Å². The molecular formula is C16H21F2N3O2. The number of hydrogen-bond acceptors (Lipinski definition) is 4. The minimum absolute atomic E-state index is 0.00620. The number of rotatable bonds is 3. The summed E-state index contributed by atoms with van der Waals surface area (Å²) in [6.07, 6.45) is 2.59. The van der Waals surface area contributed by atoms with E-state index in [1.54, 1.807) is 34.2 Å². The van der Waals surface area contributed by atoms with Crippen LogP contribution in [0.5, 0.6) is 0 Å². The van der Waals surface area contributed by atoms with E-state index in [1.807, 2.05) is 0 Å². The molecule has 0 unspecified atom stereocenters. The number of aliphatic hydroxyl groups excluding tert-OH is 1. The van der Waals surface area contributed by atoms with Crippen LogP contribution in [-0.4, -0.2) is 70.0 Å². The van der Waals surface area contributed by atoms with Gasteiger partial charge in [0.05, 0.1) is 13.2 Å². The van der Waals surface area contributed by atoms with Crippen molar-refractivity contribution >= 4 is 5.91 Å². The van der Waals surface area contributed by atoms with E-state index >= 15 is 0 Å². The van der Waals surface area contributed by atoms with Crippen LogP contribution in [0.4, 0.5) is 8.78 Å². The molecule has 0 bridgehead atoms. The molecule has 126 valence electrons. The van der Waals surface area contributed by atoms with Gasteiger partial charge >= 0.3 is 0 Å². The molecule has 1 N–H and O–H groups in total. The highest BCUT2D eigenvalue weighted by molar-refractivity contribution is 5.92. The van der Waals surface area contributed by atoms with Crippen molar-refractivity contribution in [3.05, 3.63) is 30.1 Å². The SMILES string of the molecule is O=C(c1ccccn1)N1CCC(N2CC(F)(F)C[C@H]2CO)CC1. The number of hydrogen-bond donors (Lipinski definition) is 1. The normalized spacial score (nSPS) is 25.7. The number of piperidine rings is 1. The van der Waals surface area contributed by atoms with E-state index in [-0.39, 0.29) is 31.5 Å². The second kappa shape index (κ2) is 6.49. The van der Waals surface area contributed by atoms with E-state index in [1.165, 1.54) is 0 Å². The fourth-order valence-electron chi connectivity index (χ4n) is 3.57. The van der Waals surface area contributed by atoms with Crippen LogP contribution in [0.2, 0.25) is 0 Å². The van der Waals surface area contributed by atoms with Crippen molar-refractivity contribution in [1.29, 1.82) is 0 Å². The quantitative estimate of drug-likeness (QED) is 0.912. The molecule has 1 aromatic rings. The highest BCUT2D eigenvalue weighted by atomic mass is 19.3. The van der Waals surface area contributed by atoms with E-state index in [0.717, 1.165) is 0 Å². The maximum absolute atomic E-state index is 13.6. The average molecular weight is 325 g/mol. The molecule has 2 saturated heterocycles. The van der Waals surface area contributed by atoms with Crippen LogP contribution in [0.15, 0.2) is 24.4 Å². The molecular weight excluding hydrogens is 304 g/mol. The summed E-state index contributed by atoms with van der Waals surface area (Å²) in [7, 11) is 0. The zero-order valence-electron chi connectivity index (χ0n) is 12.9. The Morgan fingerprint density at radius 1 is 1.35 bits per heavy atom. The van der Waals surface area contributed by atoms with Gasteiger partial charge in [0.15, 0.2) is 0 Å². The lowest BCUT2D eigenvalue weighted by atomic mass is 10.0. The fraction of sp³-hybridized carbons (Fsp3) is 0.625. The molecule has 1 atom stereocenters. The van der Waals surface area contributed by atoms with Gasteiger partial charge in [0.25, 0.3) is 11.8 Å². The number of amides is 1. The molecule has 3 heterocycles. The minimum atomic E-state index is -2.73. The van der Waals surface area contributed by atoms with Crippen LogP contribution >= 0.6 is 0 Å². The van der Waals surface area contributed by atoms with Gasteiger partial charge in [-0.15, -0.1) is 0 Å². The Balaban J connectivity index is 1.59. The molecule has 0 saturated carbocycles. The molecule has 7 heteroatoms. The maximum Gasteiger partial charge on any atom is 0.272 e. The summed E-state index contributed by atoms with van der Waals surface area (Å²) in [5, 5.41) is 9.34. The van der Waals surface area contributed by atoms with Gasteiger partial charge in [0.1, 0.15) is 5.69 Å². The summed E-state index contributed by atoms with van der Waals surface area (Å²) in [6, 6.07) is 4.72. The summed E-state index contributed by atoms with van der Waals surface area (Å²) in [6.45, 7) is 0.514. The van der Waals surface area contributed by atoms with E-state index < -0.39 is 12.0 Å². The topological polar surface area (TPSA) is 56.7 Å². The number of nitrogens with zero attached hydrogens (tertiary/aromatic N) is 3. The molecule has 3 rings (SSSR count). The van der Waals surface area contributed by atoms with Gasteiger partial charge in [-0.3, -0.25) is 14.7 Å². The van der Waals surface area contributed by atoms with Crippen LogP contribution in [0.25, 0.3) is 0 Å². The third-order valence-electron chi connectivity index (χ3n) is 4.73. The van der Waals surface area contributed by atoms with Gasteiger partial charge in [0.2, 0.25) is 0 Å². The van der Waals surface area contributed by atoms with Crippen molar-refractivity contribution in [1.82, 2.24) is 14.8 Å². The van der Waals surface area contributed by atoms with Gasteiger partial charge in [0, 0.05) is 37.8 Å². The van der Waals surface area contributed by atoms with E-state index in [9.17, 15) is 18.7 Å². The Morgan fingerprint density at radius 2 is 2.09 bits per heavy atom. The van der Waals surface area contributed by atoms with Crippen molar-refractivity contribution in [2.45, 2.75) is 37.3 Å². The Hall–Kier alpha value is -1.60. The predicted molar refractivity (Wildman–Crippen MR) is 80.3 cm³/mol. The number of carbonyl (C=O) groups excluding carboxylic acids is 1. The standard InChI is InChI=1S/C16H21F2N3O2/c17-16(18)9-13(10-22)21(11-16)12-4-7-20(8-5-12)15(23)14-3-1-2-6-19-14/h1-3,6,12-13,22H,4-5,7-11H2/t13-/m0/s1. The number of aromatic nitrogens is 1. The van der Waals surface area contributed by atoms with E-state index in [2.05, 4.69) is 4.98 Å². The molecule has 0 aliphatic carbocycles. The first-order valence-electron chi connectivity index (χ1n) is 7.95. The smallest absolute Gasteiger partial charge is 0.272 e. The third kappa shape index (κ3) is 3.50. The Labute approximate surface area is 133 Å². The number of aliphatic hydroxyl groups is 1. The first kappa shape index (κ1) is 16.3. The highest BCUT2D eigenvalue weighted by Crippen LogP contribution is 2.35. The molecule has 1 amide bonds. The van der Waals surface area contributed by atoms with Crippen LogP contribution < -0.4 is 0 Å². The first-order chi connectivity index (χ1) is 11.0. The summed E-state index contributed by atoms with van der Waals surface area (Å²) < 4.78 is 27.2. The van der Waals surface area contributed by atoms with Crippen molar-refractivity contribution in [2.75, 3.05) is 26.2 Å². The molecule has 2 fully saturated rings. The number of carbonyl (C=O) groups is 1. The van der Waals surface area contributed by atoms with Gasteiger partial charge in [-0.25, -0.2) is 8.78 Å². The lowest BCUT2D eigenvalue weighted by Crippen LogP contribution is -2.49. The van der Waals surface area contributed by atoms with Crippen molar-refractivity contribution < 1.29 is 18.7 Å². The zero-order valence-corrected chi connectivity index (χ0v) is 12.9. The fourth-order valence-corrected chi connectivity index (χ4v) is 3.57. The largest absolute Gasteiger partial charge is 0.395 e. The molecule has 2 aliphatic rings. The van der Waals surface area contributed by atoms with Gasteiger partial charge in [-0.05, 0) is 25.0 Å². The second-order valence-electron chi connectivity index (χ2n) is 6.31. The monoisotopic (exact) mass is 325 g/mol. The summed E-state index contributed by atoms with van der Waals surface area (Å²) >= 11 is 0. The molecule has 23 heavy (non-hydrogen) atoms.